The van der Waals surface area contributed by atoms with E-state index >= 15 is 0 Å². The molecule has 18 heteroatoms. The number of hydrogen-bond acceptors (Lipinski definition) is 14. The van der Waals surface area contributed by atoms with Crippen LogP contribution in [-0.2, 0) is 12.6 Å². The Morgan fingerprint density at radius 3 is 0.893 bits per heavy atom. The van der Waals surface area contributed by atoms with E-state index in [1.807, 2.05) is 178 Å². The normalized spacial score (nSPS) is 11.7. The van der Waals surface area contributed by atoms with E-state index in [1.54, 1.807) is 42.7 Å². The first-order valence-corrected chi connectivity index (χ1v) is 51.6. The summed E-state index contributed by atoms with van der Waals surface area (Å²) < 4.78 is 87.3. The van der Waals surface area contributed by atoms with E-state index in [2.05, 4.69) is 262 Å². The van der Waals surface area contributed by atoms with Gasteiger partial charge in [-0.15, -0.1) is 0 Å². The summed E-state index contributed by atoms with van der Waals surface area (Å²) in [5.41, 5.74) is 29.6. The minimum Gasteiger partial charge on any atom is -0.497 e. The average Bonchev–Trinajstić information content (AvgIpc) is 0.775. The summed E-state index contributed by atoms with van der Waals surface area (Å²) >= 11 is 0. The van der Waals surface area contributed by atoms with Crippen molar-refractivity contribution in [1.29, 1.82) is 0 Å². The number of benzene rings is 16. The molecule has 0 fully saturated rings. The molecule has 0 amide bonds. The topological polar surface area (TPSA) is 129 Å². The summed E-state index contributed by atoms with van der Waals surface area (Å²) in [6, 6.07) is 107. The molecule has 0 heterocycles. The van der Waals surface area contributed by atoms with Gasteiger partial charge in [-0.1, -0.05) is 234 Å². The standard InChI is InChI=1S/C32H35O3P.C31H33O5P.C31H33O3P.C28H27O3P/c1-21-13-14-30(24(4)15-21)34-36(29-11-9-8-10-12-29)35-32-26(6)17-23(3)19-28(32)20-27-18-22(2)16-25(5)31(27)33-7;1-20-13-14-29(21(2)15-20)35-37(26-11-9-8-10-12-26)36-31-23(4)17-25(33-6)19-28(31)27-18-24(32-5)16-22(3)30(27)34-7;1-20-13-14-29(23(4)15-20)33-35(26-11-9-8-10-12-26)34-31-25(6)17-22(3)19-28(31)27-18-21(2)16-24(5)30(27)32-7;1-21-17-18-27(22(2)19-21)31-32(30-24-12-5-4-6-13-24)20-23-11-7-8-14-25(23)26-15-9-10-16-28(26)29-3/h8-19H,20H2,1-7H3;8-19H,1-7H3;8-19H,1-7H3;4-19H,20H2,1-3H3. The monoisotopic (exact) mass is 1940 g/mol. The quantitative estimate of drug-likeness (QED) is 0.0371. The summed E-state index contributed by atoms with van der Waals surface area (Å²) in [5, 5.41) is 3.01. The van der Waals surface area contributed by atoms with Crippen LogP contribution in [0.2, 0.25) is 0 Å². The molecule has 0 radical (unpaired) electrons. The van der Waals surface area contributed by atoms with Crippen LogP contribution in [0.15, 0.2) is 315 Å². The third-order valence-corrected chi connectivity index (χ3v) is 29.2. The average molecular weight is 1940 g/mol. The Balaban J connectivity index is 0.000000157. The van der Waals surface area contributed by atoms with E-state index in [0.29, 0.717) is 18.3 Å². The third-order valence-electron chi connectivity index (χ3n) is 23.5. The van der Waals surface area contributed by atoms with Gasteiger partial charge in [0.25, 0.3) is 8.38 Å². The van der Waals surface area contributed by atoms with Crippen LogP contribution in [-0.4, -0.2) is 42.7 Å². The van der Waals surface area contributed by atoms with Crippen molar-refractivity contribution in [1.82, 2.24) is 0 Å². The van der Waals surface area contributed by atoms with Crippen molar-refractivity contribution in [2.45, 2.75) is 137 Å². The van der Waals surface area contributed by atoms with Crippen molar-refractivity contribution >= 4 is 49.4 Å². The number of para-hydroxylation sites is 2. The van der Waals surface area contributed by atoms with Gasteiger partial charge in [0.05, 0.1) is 64.7 Å². The number of rotatable bonds is 32. The predicted molar refractivity (Wildman–Crippen MR) is 583 cm³/mol. The Morgan fingerprint density at radius 1 is 0.179 bits per heavy atom. The molecule has 0 aromatic heterocycles. The van der Waals surface area contributed by atoms with Gasteiger partial charge >= 0.3 is 25.1 Å². The lowest BCUT2D eigenvalue weighted by atomic mass is 9.95. The molecule has 16 rings (SSSR count). The molecule has 0 saturated carbocycles. The number of aryl methyl sites for hydroxylation is 18. The Hall–Kier alpha value is -13.6. The summed E-state index contributed by atoms with van der Waals surface area (Å²) in [5.74, 6) is 11.4. The highest BCUT2D eigenvalue weighted by Gasteiger charge is 2.31. The maximum atomic E-state index is 6.83. The highest BCUT2D eigenvalue weighted by atomic mass is 31.2. The van der Waals surface area contributed by atoms with Crippen LogP contribution in [0.5, 0.6) is 80.5 Å². The first-order valence-electron chi connectivity index (χ1n) is 46.7. The van der Waals surface area contributed by atoms with Gasteiger partial charge in [0, 0.05) is 34.2 Å². The molecule has 16 aromatic carbocycles. The number of methoxy groups -OCH3 is 6. The molecule has 0 aliphatic carbocycles. The van der Waals surface area contributed by atoms with E-state index in [4.69, 9.17) is 64.6 Å². The molecule has 0 spiro atoms. The van der Waals surface area contributed by atoms with Crippen LogP contribution >= 0.6 is 33.5 Å². The lowest BCUT2D eigenvalue weighted by Crippen LogP contribution is -2.12. The Labute approximate surface area is 834 Å². The fourth-order valence-electron chi connectivity index (χ4n) is 17.0. The predicted octanol–water partition coefficient (Wildman–Crippen LogP) is 32.2. The van der Waals surface area contributed by atoms with E-state index < -0.39 is 33.5 Å². The third kappa shape index (κ3) is 27.1. The second kappa shape index (κ2) is 49.3. The van der Waals surface area contributed by atoms with E-state index in [9.17, 15) is 0 Å². The van der Waals surface area contributed by atoms with Gasteiger partial charge < -0.3 is 64.6 Å². The van der Waals surface area contributed by atoms with Crippen LogP contribution in [0.4, 0.5) is 0 Å². The summed E-state index contributed by atoms with van der Waals surface area (Å²) in [7, 11) is 4.53. The van der Waals surface area contributed by atoms with Gasteiger partial charge in [-0.05, 0) is 329 Å². The van der Waals surface area contributed by atoms with Gasteiger partial charge in [0.1, 0.15) is 80.5 Å². The lowest BCUT2D eigenvalue weighted by molar-refractivity contribution is 0.401. The maximum absolute atomic E-state index is 6.83. The molecule has 4 atom stereocenters. The van der Waals surface area contributed by atoms with E-state index in [1.165, 1.54) is 44.5 Å². The molecule has 4 unspecified atom stereocenters. The molecule has 0 N–H and O–H groups in total. The van der Waals surface area contributed by atoms with E-state index in [0.717, 1.165) is 196 Å². The molecule has 0 bridgehead atoms. The van der Waals surface area contributed by atoms with E-state index in [-0.39, 0.29) is 0 Å². The van der Waals surface area contributed by atoms with Crippen LogP contribution in [0, 0.1) is 125 Å². The molecule has 16 aromatic rings. The van der Waals surface area contributed by atoms with Crippen molar-refractivity contribution in [3.63, 3.8) is 0 Å². The second-order valence-corrected chi connectivity index (χ2v) is 40.8. The van der Waals surface area contributed by atoms with Crippen molar-refractivity contribution < 1.29 is 64.6 Å². The van der Waals surface area contributed by atoms with Crippen molar-refractivity contribution in [3.05, 3.63) is 432 Å². The first-order chi connectivity index (χ1) is 67.5. The van der Waals surface area contributed by atoms with Crippen LogP contribution < -0.4 is 80.5 Å². The molecule has 140 heavy (non-hydrogen) atoms. The largest absolute Gasteiger partial charge is 0.497 e. The molecule has 0 aliphatic rings. The Morgan fingerprint density at radius 2 is 0.486 bits per heavy atom. The van der Waals surface area contributed by atoms with Gasteiger partial charge in [0.15, 0.2) is 0 Å². The van der Waals surface area contributed by atoms with Crippen molar-refractivity contribution in [3.8, 4) is 114 Å². The summed E-state index contributed by atoms with van der Waals surface area (Å²) in [4.78, 5) is 0. The zero-order valence-corrected chi connectivity index (χ0v) is 88.5. The van der Waals surface area contributed by atoms with Crippen molar-refractivity contribution in [2.24, 2.45) is 0 Å². The van der Waals surface area contributed by atoms with Crippen LogP contribution in [0.3, 0.4) is 0 Å². The second-order valence-electron chi connectivity index (χ2n) is 35.2. The number of ether oxygens (including phenoxy) is 6. The van der Waals surface area contributed by atoms with Gasteiger partial charge in [0.2, 0.25) is 0 Å². The van der Waals surface area contributed by atoms with Gasteiger partial charge in [-0.2, -0.15) is 0 Å². The van der Waals surface area contributed by atoms with Crippen LogP contribution in [0.1, 0.15) is 117 Å². The smallest absolute Gasteiger partial charge is 0.326 e. The Bertz CT molecular complexity index is 6910. The minimum absolute atomic E-state index is 0.645. The fourth-order valence-corrected chi connectivity index (χ4v) is 22.9. The number of hydrogen-bond donors (Lipinski definition) is 0. The first kappa shape index (κ1) is 104. The highest BCUT2D eigenvalue weighted by molar-refractivity contribution is 7.57. The zero-order valence-electron chi connectivity index (χ0n) is 84.9. The zero-order chi connectivity index (χ0) is 99.8. The molecular formula is C122H128O14P4. The molecule has 0 saturated heterocycles. The fraction of sp³-hybridized carbons (Fsp3) is 0.213. The Kier molecular flexibility index (Phi) is 36.6. The lowest BCUT2D eigenvalue weighted by Gasteiger charge is -2.24. The molecule has 14 nitrogen and oxygen atoms in total. The van der Waals surface area contributed by atoms with Crippen molar-refractivity contribution in [2.75, 3.05) is 42.7 Å². The highest BCUT2D eigenvalue weighted by Crippen LogP contribution is 2.54. The molecular weight excluding hydrogens is 1810 g/mol. The summed E-state index contributed by atoms with van der Waals surface area (Å²) in [6.07, 6.45) is 1.36. The SMILES string of the molecule is COc1c(C)cc(C)cc1-c1cc(C)cc(C)c1OP(Oc1ccc(C)cc1C)c1ccccc1.COc1c(C)cc(C)cc1Cc1cc(C)cc(C)c1OP(Oc1ccc(C)cc1C)c1ccccc1.COc1cc(C)c(OC)c(-c2cc(OC)cc(C)c2OP(Oc2ccc(C)cc2C)c2ccccc2)c1.COc1ccccc1-c1ccccc1CP(Oc1ccccc1)Oc1ccc(C)cc1C. The van der Waals surface area contributed by atoms with Gasteiger partial charge in [-0.25, -0.2) is 0 Å². The molecule has 720 valence electrons. The van der Waals surface area contributed by atoms with Crippen LogP contribution in [0.25, 0.3) is 33.4 Å². The maximum Gasteiger partial charge on any atom is 0.326 e. The summed E-state index contributed by atoms with van der Waals surface area (Å²) in [6.45, 7) is 37.5. The molecule has 0 aliphatic heterocycles. The van der Waals surface area contributed by atoms with Gasteiger partial charge in [-0.3, -0.25) is 0 Å². The minimum atomic E-state index is -1.52.